The minimum absolute atomic E-state index is 0.121. The predicted octanol–water partition coefficient (Wildman–Crippen LogP) is 3.57. The first-order valence-corrected chi connectivity index (χ1v) is 6.76. The number of pyridine rings is 1. The van der Waals surface area contributed by atoms with Crippen LogP contribution < -0.4 is 0 Å². The lowest BCUT2D eigenvalue weighted by atomic mass is 9.98. The van der Waals surface area contributed by atoms with Gasteiger partial charge in [0.2, 0.25) is 0 Å². The van der Waals surface area contributed by atoms with Crippen molar-refractivity contribution in [2.45, 2.75) is 6.42 Å². The Balaban J connectivity index is 2.13. The molecule has 0 unspecified atom stereocenters. The number of hydrogen-bond acceptors (Lipinski definition) is 4. The standard InChI is InChI=1S/C17H12N2O3/c20-16(10-12-6-2-1-3-7-12)17-13-8-4-5-9-14(13)18-11-15(17)19(21)22/h1-9,11H,10H2. The number of rotatable bonds is 4. The van der Waals surface area contributed by atoms with Gasteiger partial charge in [-0.15, -0.1) is 0 Å². The third kappa shape index (κ3) is 2.56. The molecule has 3 rings (SSSR count). The number of Topliss-reactive ketones (excluding diaryl/α,β-unsaturated/α-hetero) is 1. The zero-order chi connectivity index (χ0) is 15.5. The van der Waals surface area contributed by atoms with Crippen molar-refractivity contribution in [3.63, 3.8) is 0 Å². The Morgan fingerprint density at radius 3 is 2.45 bits per heavy atom. The van der Waals surface area contributed by atoms with Crippen LogP contribution in [-0.4, -0.2) is 15.7 Å². The summed E-state index contributed by atoms with van der Waals surface area (Å²) in [4.78, 5) is 27.4. The van der Waals surface area contributed by atoms with Gasteiger partial charge in [0.05, 0.1) is 10.4 Å². The molecule has 0 aliphatic heterocycles. The molecule has 0 saturated carbocycles. The van der Waals surface area contributed by atoms with Gasteiger partial charge in [0.15, 0.2) is 5.78 Å². The molecule has 22 heavy (non-hydrogen) atoms. The molecule has 5 nitrogen and oxygen atoms in total. The van der Waals surface area contributed by atoms with E-state index >= 15 is 0 Å². The van der Waals surface area contributed by atoms with E-state index in [4.69, 9.17) is 0 Å². The van der Waals surface area contributed by atoms with Crippen molar-refractivity contribution < 1.29 is 9.72 Å². The first-order chi connectivity index (χ1) is 10.7. The van der Waals surface area contributed by atoms with Crippen LogP contribution in [0.15, 0.2) is 60.8 Å². The van der Waals surface area contributed by atoms with E-state index in [0.29, 0.717) is 10.9 Å². The van der Waals surface area contributed by atoms with E-state index in [1.165, 1.54) is 0 Å². The van der Waals surface area contributed by atoms with Crippen LogP contribution in [0.25, 0.3) is 10.9 Å². The Kier molecular flexibility index (Phi) is 3.62. The van der Waals surface area contributed by atoms with Gasteiger partial charge in [-0.2, -0.15) is 0 Å². The molecular formula is C17H12N2O3. The second-order valence-electron chi connectivity index (χ2n) is 4.88. The van der Waals surface area contributed by atoms with Crippen LogP contribution in [0.5, 0.6) is 0 Å². The maximum absolute atomic E-state index is 12.6. The number of fused-ring (bicyclic) bond motifs is 1. The van der Waals surface area contributed by atoms with Crippen molar-refractivity contribution in [2.24, 2.45) is 0 Å². The SMILES string of the molecule is O=C(Cc1ccccc1)c1c([N+](=O)[O-])cnc2ccccc12. The topological polar surface area (TPSA) is 73.1 Å². The normalized spacial score (nSPS) is 10.5. The van der Waals surface area contributed by atoms with E-state index < -0.39 is 4.92 Å². The van der Waals surface area contributed by atoms with Gasteiger partial charge in [0.25, 0.3) is 5.69 Å². The Bertz CT molecular complexity index is 860. The first kappa shape index (κ1) is 13.9. The lowest BCUT2D eigenvalue weighted by molar-refractivity contribution is -0.385. The molecular weight excluding hydrogens is 280 g/mol. The Morgan fingerprint density at radius 1 is 1.05 bits per heavy atom. The molecule has 0 amide bonds. The van der Waals surface area contributed by atoms with Crippen molar-refractivity contribution in [1.29, 1.82) is 0 Å². The number of para-hydroxylation sites is 1. The number of nitro groups is 1. The highest BCUT2D eigenvalue weighted by molar-refractivity contribution is 6.11. The van der Waals surface area contributed by atoms with Crippen molar-refractivity contribution >= 4 is 22.4 Å². The molecule has 0 aliphatic rings. The zero-order valence-electron chi connectivity index (χ0n) is 11.6. The number of benzene rings is 2. The van der Waals surface area contributed by atoms with Gasteiger partial charge in [0.1, 0.15) is 11.8 Å². The fourth-order valence-corrected chi connectivity index (χ4v) is 2.43. The molecule has 1 heterocycles. The number of hydrogen-bond donors (Lipinski definition) is 0. The van der Waals surface area contributed by atoms with Crippen molar-refractivity contribution in [1.82, 2.24) is 4.98 Å². The maximum atomic E-state index is 12.6. The lowest BCUT2D eigenvalue weighted by Crippen LogP contribution is -2.08. The summed E-state index contributed by atoms with van der Waals surface area (Å²) in [6.45, 7) is 0. The van der Waals surface area contributed by atoms with Crippen LogP contribution in [-0.2, 0) is 6.42 Å². The zero-order valence-corrected chi connectivity index (χ0v) is 11.6. The third-order valence-electron chi connectivity index (χ3n) is 3.44. The van der Waals surface area contributed by atoms with E-state index in [-0.39, 0.29) is 23.5 Å². The van der Waals surface area contributed by atoms with Crippen LogP contribution >= 0.6 is 0 Å². The van der Waals surface area contributed by atoms with Crippen LogP contribution in [0.4, 0.5) is 5.69 Å². The summed E-state index contributed by atoms with van der Waals surface area (Å²) < 4.78 is 0. The summed E-state index contributed by atoms with van der Waals surface area (Å²) in [5.74, 6) is -0.281. The van der Waals surface area contributed by atoms with E-state index in [0.717, 1.165) is 11.8 Å². The number of ketones is 1. The molecule has 5 heteroatoms. The third-order valence-corrected chi connectivity index (χ3v) is 3.44. The Morgan fingerprint density at radius 2 is 1.73 bits per heavy atom. The number of nitrogens with zero attached hydrogens (tertiary/aromatic N) is 2. The maximum Gasteiger partial charge on any atom is 0.298 e. The van der Waals surface area contributed by atoms with Crippen LogP contribution in [0.1, 0.15) is 15.9 Å². The highest BCUT2D eigenvalue weighted by Gasteiger charge is 2.23. The second-order valence-corrected chi connectivity index (χ2v) is 4.88. The summed E-state index contributed by atoms with van der Waals surface area (Å²) in [5.41, 5.74) is 1.27. The molecule has 108 valence electrons. The van der Waals surface area contributed by atoms with Crippen molar-refractivity contribution in [3.05, 3.63) is 82.0 Å². The summed E-state index contributed by atoms with van der Waals surface area (Å²) in [6, 6.07) is 16.1. The number of carbonyl (C=O) groups is 1. The molecule has 3 aromatic rings. The monoisotopic (exact) mass is 292 g/mol. The van der Waals surface area contributed by atoms with E-state index in [1.54, 1.807) is 24.3 Å². The molecule has 0 fully saturated rings. The van der Waals surface area contributed by atoms with Crippen LogP contribution in [0.3, 0.4) is 0 Å². The molecule has 1 aromatic heterocycles. The van der Waals surface area contributed by atoms with E-state index in [1.807, 2.05) is 30.3 Å². The summed E-state index contributed by atoms with van der Waals surface area (Å²) in [7, 11) is 0. The summed E-state index contributed by atoms with van der Waals surface area (Å²) >= 11 is 0. The van der Waals surface area contributed by atoms with Gasteiger partial charge in [-0.05, 0) is 11.6 Å². The summed E-state index contributed by atoms with van der Waals surface area (Å²) in [5, 5.41) is 11.7. The average Bonchev–Trinajstić information content (AvgIpc) is 2.54. The van der Waals surface area contributed by atoms with Crippen LogP contribution in [0.2, 0.25) is 0 Å². The lowest BCUT2D eigenvalue weighted by Gasteiger charge is -2.06. The minimum atomic E-state index is -0.558. The number of carbonyl (C=O) groups excluding carboxylic acids is 1. The highest BCUT2D eigenvalue weighted by atomic mass is 16.6. The summed E-state index contributed by atoms with van der Waals surface area (Å²) in [6.07, 6.45) is 1.27. The molecule has 0 bridgehead atoms. The Labute approximate surface area is 126 Å². The minimum Gasteiger partial charge on any atom is -0.294 e. The highest BCUT2D eigenvalue weighted by Crippen LogP contribution is 2.27. The molecule has 0 spiro atoms. The largest absolute Gasteiger partial charge is 0.298 e. The van der Waals surface area contributed by atoms with Crippen molar-refractivity contribution in [3.8, 4) is 0 Å². The van der Waals surface area contributed by atoms with Crippen LogP contribution in [0, 0.1) is 10.1 Å². The molecule has 0 saturated heterocycles. The van der Waals surface area contributed by atoms with Gasteiger partial charge in [-0.3, -0.25) is 14.9 Å². The van der Waals surface area contributed by atoms with E-state index in [2.05, 4.69) is 4.98 Å². The fourth-order valence-electron chi connectivity index (χ4n) is 2.43. The Hall–Kier alpha value is -3.08. The fraction of sp³-hybridized carbons (Fsp3) is 0.0588. The smallest absolute Gasteiger partial charge is 0.294 e. The molecule has 0 N–H and O–H groups in total. The quantitative estimate of drug-likeness (QED) is 0.418. The molecule has 2 aromatic carbocycles. The van der Waals surface area contributed by atoms with Gasteiger partial charge in [0, 0.05) is 11.8 Å². The van der Waals surface area contributed by atoms with Gasteiger partial charge in [-0.1, -0.05) is 48.5 Å². The predicted molar refractivity (Wildman–Crippen MR) is 82.9 cm³/mol. The van der Waals surface area contributed by atoms with Gasteiger partial charge in [-0.25, -0.2) is 4.98 Å². The first-order valence-electron chi connectivity index (χ1n) is 6.76. The van der Waals surface area contributed by atoms with Crippen molar-refractivity contribution in [2.75, 3.05) is 0 Å². The molecule has 0 aliphatic carbocycles. The number of aromatic nitrogens is 1. The molecule has 0 radical (unpaired) electrons. The molecule has 0 atom stereocenters. The van der Waals surface area contributed by atoms with Gasteiger partial charge < -0.3 is 0 Å². The van der Waals surface area contributed by atoms with E-state index in [9.17, 15) is 14.9 Å². The van der Waals surface area contributed by atoms with Gasteiger partial charge >= 0.3 is 0 Å². The second kappa shape index (κ2) is 5.73. The average molecular weight is 292 g/mol.